The third-order valence-corrected chi connectivity index (χ3v) is 3.46. The molecule has 2 unspecified atom stereocenters. The molecular weight excluding hydrogens is 254 g/mol. The topological polar surface area (TPSA) is 66.4 Å². The Morgan fingerprint density at radius 1 is 1.15 bits per heavy atom. The third-order valence-electron chi connectivity index (χ3n) is 3.46. The van der Waals surface area contributed by atoms with Crippen LogP contribution in [-0.2, 0) is 9.59 Å². The van der Waals surface area contributed by atoms with Gasteiger partial charge in [0.05, 0.1) is 5.92 Å². The van der Waals surface area contributed by atoms with E-state index in [0.717, 1.165) is 5.56 Å². The summed E-state index contributed by atoms with van der Waals surface area (Å²) < 4.78 is 0. The number of rotatable bonds is 7. The molecule has 1 aromatic rings. The summed E-state index contributed by atoms with van der Waals surface area (Å²) in [5, 5.41) is 11.5. The first-order valence-electron chi connectivity index (χ1n) is 6.96. The van der Waals surface area contributed by atoms with Crippen molar-refractivity contribution >= 4 is 11.9 Å². The smallest absolute Gasteiger partial charge is 0.308 e. The van der Waals surface area contributed by atoms with Gasteiger partial charge in [-0.1, -0.05) is 51.1 Å². The molecule has 1 aromatic carbocycles. The van der Waals surface area contributed by atoms with Crippen LogP contribution in [0.1, 0.15) is 38.7 Å². The van der Waals surface area contributed by atoms with Gasteiger partial charge >= 0.3 is 5.97 Å². The van der Waals surface area contributed by atoms with Gasteiger partial charge in [0.15, 0.2) is 0 Å². The van der Waals surface area contributed by atoms with E-state index in [4.69, 9.17) is 5.11 Å². The Morgan fingerprint density at radius 3 is 2.25 bits per heavy atom. The molecule has 20 heavy (non-hydrogen) atoms. The van der Waals surface area contributed by atoms with Crippen LogP contribution < -0.4 is 5.32 Å². The number of benzene rings is 1. The maximum absolute atomic E-state index is 12.0. The largest absolute Gasteiger partial charge is 0.481 e. The lowest BCUT2D eigenvalue weighted by molar-refractivity contribution is -0.141. The SMILES string of the molecule is CC(CNC(=O)CC(c1ccccc1)C(C)C)C(=O)O. The summed E-state index contributed by atoms with van der Waals surface area (Å²) in [6, 6.07) is 9.94. The summed E-state index contributed by atoms with van der Waals surface area (Å²) in [6.45, 7) is 5.93. The molecule has 0 heterocycles. The zero-order valence-corrected chi connectivity index (χ0v) is 12.3. The molecule has 0 saturated heterocycles. The van der Waals surface area contributed by atoms with Crippen molar-refractivity contribution in [1.29, 1.82) is 0 Å². The van der Waals surface area contributed by atoms with Gasteiger partial charge in [-0.05, 0) is 17.4 Å². The van der Waals surface area contributed by atoms with Crippen LogP contribution in [0.15, 0.2) is 30.3 Å². The van der Waals surface area contributed by atoms with Crippen LogP contribution in [0, 0.1) is 11.8 Å². The fraction of sp³-hybridized carbons (Fsp3) is 0.500. The van der Waals surface area contributed by atoms with Gasteiger partial charge in [-0.25, -0.2) is 0 Å². The molecule has 0 saturated carbocycles. The number of hydrogen-bond acceptors (Lipinski definition) is 2. The van der Waals surface area contributed by atoms with Gasteiger partial charge in [-0.3, -0.25) is 9.59 Å². The third kappa shape index (κ3) is 5.03. The maximum Gasteiger partial charge on any atom is 0.308 e. The Balaban J connectivity index is 2.59. The van der Waals surface area contributed by atoms with E-state index < -0.39 is 11.9 Å². The fourth-order valence-electron chi connectivity index (χ4n) is 2.06. The molecule has 2 N–H and O–H groups in total. The predicted molar refractivity (Wildman–Crippen MR) is 78.4 cm³/mol. The number of amides is 1. The Hall–Kier alpha value is -1.84. The molecule has 110 valence electrons. The average molecular weight is 277 g/mol. The highest BCUT2D eigenvalue weighted by molar-refractivity contribution is 5.78. The van der Waals surface area contributed by atoms with Crippen molar-refractivity contribution in [2.75, 3.05) is 6.54 Å². The average Bonchev–Trinajstić information content (AvgIpc) is 2.42. The number of carbonyl (C=O) groups excluding carboxylic acids is 1. The van der Waals surface area contributed by atoms with Crippen molar-refractivity contribution < 1.29 is 14.7 Å². The van der Waals surface area contributed by atoms with E-state index in [2.05, 4.69) is 19.2 Å². The van der Waals surface area contributed by atoms with Gasteiger partial charge < -0.3 is 10.4 Å². The first kappa shape index (κ1) is 16.2. The second-order valence-corrected chi connectivity index (χ2v) is 5.51. The molecule has 0 radical (unpaired) electrons. The Morgan fingerprint density at radius 2 is 1.75 bits per heavy atom. The summed E-state index contributed by atoms with van der Waals surface area (Å²) in [4.78, 5) is 22.7. The molecule has 1 amide bonds. The highest BCUT2D eigenvalue weighted by atomic mass is 16.4. The van der Waals surface area contributed by atoms with Crippen LogP contribution >= 0.6 is 0 Å². The minimum atomic E-state index is -0.895. The number of carboxylic acid groups (broad SMARTS) is 1. The number of nitrogens with one attached hydrogen (secondary N) is 1. The van der Waals surface area contributed by atoms with E-state index in [9.17, 15) is 9.59 Å². The minimum absolute atomic E-state index is 0.0966. The zero-order valence-electron chi connectivity index (χ0n) is 12.3. The van der Waals surface area contributed by atoms with Crippen molar-refractivity contribution in [3.63, 3.8) is 0 Å². The van der Waals surface area contributed by atoms with Crippen molar-refractivity contribution in [2.24, 2.45) is 11.8 Å². The lowest BCUT2D eigenvalue weighted by Gasteiger charge is -2.21. The van der Waals surface area contributed by atoms with Crippen molar-refractivity contribution in [3.8, 4) is 0 Å². The molecule has 1 rings (SSSR count). The Kier molecular flexibility index (Phi) is 6.22. The molecule has 4 heteroatoms. The van der Waals surface area contributed by atoms with Gasteiger partial charge in [-0.15, -0.1) is 0 Å². The highest BCUT2D eigenvalue weighted by Gasteiger charge is 2.20. The fourth-order valence-corrected chi connectivity index (χ4v) is 2.06. The van der Waals surface area contributed by atoms with Crippen molar-refractivity contribution in [3.05, 3.63) is 35.9 Å². The molecule has 0 aromatic heterocycles. The van der Waals surface area contributed by atoms with Crippen molar-refractivity contribution in [1.82, 2.24) is 5.32 Å². The van der Waals surface area contributed by atoms with Gasteiger partial charge in [0, 0.05) is 13.0 Å². The lowest BCUT2D eigenvalue weighted by Crippen LogP contribution is -2.32. The second-order valence-electron chi connectivity index (χ2n) is 5.51. The first-order chi connectivity index (χ1) is 9.41. The number of carbonyl (C=O) groups is 2. The van der Waals surface area contributed by atoms with E-state index in [1.165, 1.54) is 0 Å². The molecule has 4 nitrogen and oxygen atoms in total. The number of carboxylic acids is 1. The van der Waals surface area contributed by atoms with Gasteiger partial charge in [0.25, 0.3) is 0 Å². The molecular formula is C16H23NO3. The van der Waals surface area contributed by atoms with Crippen LogP contribution in [0.4, 0.5) is 0 Å². The van der Waals surface area contributed by atoms with E-state index in [-0.39, 0.29) is 18.4 Å². The minimum Gasteiger partial charge on any atom is -0.481 e. The molecule has 0 fully saturated rings. The quantitative estimate of drug-likeness (QED) is 0.805. The van der Waals surface area contributed by atoms with Crippen molar-refractivity contribution in [2.45, 2.75) is 33.1 Å². The first-order valence-corrected chi connectivity index (χ1v) is 6.96. The van der Waals surface area contributed by atoms with Gasteiger partial charge in [0.2, 0.25) is 5.91 Å². The summed E-state index contributed by atoms with van der Waals surface area (Å²) in [7, 11) is 0. The normalized spacial score (nSPS) is 13.8. The maximum atomic E-state index is 12.0. The summed E-state index contributed by atoms with van der Waals surface area (Å²) in [6.07, 6.45) is 0.383. The molecule has 0 aliphatic carbocycles. The van der Waals surface area contributed by atoms with E-state index in [1.54, 1.807) is 6.92 Å². The molecule has 0 aliphatic heterocycles. The summed E-state index contributed by atoms with van der Waals surface area (Å²) in [5.41, 5.74) is 1.14. The van der Waals surface area contributed by atoms with Crippen LogP contribution in [0.5, 0.6) is 0 Å². The van der Waals surface area contributed by atoms with Crippen LogP contribution in [0.3, 0.4) is 0 Å². The standard InChI is InChI=1S/C16H23NO3/c1-11(2)14(13-7-5-4-6-8-13)9-15(18)17-10-12(3)16(19)20/h4-8,11-12,14H,9-10H2,1-3H3,(H,17,18)(H,19,20). The van der Waals surface area contributed by atoms with Gasteiger partial charge in [0.1, 0.15) is 0 Å². The number of aliphatic carboxylic acids is 1. The summed E-state index contributed by atoms with van der Waals surface area (Å²) in [5.74, 6) is -1.06. The Labute approximate surface area is 120 Å². The highest BCUT2D eigenvalue weighted by Crippen LogP contribution is 2.27. The van der Waals surface area contributed by atoms with E-state index >= 15 is 0 Å². The van der Waals surface area contributed by atoms with Crippen LogP contribution in [-0.4, -0.2) is 23.5 Å². The number of hydrogen-bond donors (Lipinski definition) is 2. The second kappa shape index (κ2) is 7.68. The molecule has 2 atom stereocenters. The molecule has 0 aliphatic rings. The lowest BCUT2D eigenvalue weighted by atomic mass is 9.85. The van der Waals surface area contributed by atoms with Crippen LogP contribution in [0.2, 0.25) is 0 Å². The predicted octanol–water partition coefficient (Wildman–Crippen LogP) is 2.65. The zero-order chi connectivity index (χ0) is 15.1. The van der Waals surface area contributed by atoms with E-state index in [0.29, 0.717) is 12.3 Å². The Bertz CT molecular complexity index is 442. The van der Waals surface area contributed by atoms with Crippen LogP contribution in [0.25, 0.3) is 0 Å². The monoisotopic (exact) mass is 277 g/mol. The molecule has 0 spiro atoms. The summed E-state index contributed by atoms with van der Waals surface area (Å²) >= 11 is 0. The molecule has 0 bridgehead atoms. The van der Waals surface area contributed by atoms with E-state index in [1.807, 2.05) is 30.3 Å². The van der Waals surface area contributed by atoms with Gasteiger partial charge in [-0.2, -0.15) is 0 Å².